The Labute approximate surface area is 225 Å². The van der Waals surface area contributed by atoms with Crippen LogP contribution in [-0.2, 0) is 33.6 Å². The highest BCUT2D eigenvalue weighted by molar-refractivity contribution is 6.01. The molecule has 1 spiro atoms. The number of carbonyl (C=O) groups excluding carboxylic acids is 2. The van der Waals surface area contributed by atoms with Gasteiger partial charge >= 0.3 is 0 Å². The minimum atomic E-state index is -1.88. The number of aromatic hydroxyl groups is 1. The molecular weight excluding hydrogens is 480 g/mol. The van der Waals surface area contributed by atoms with E-state index in [1.807, 2.05) is 52.8 Å². The van der Waals surface area contributed by atoms with Gasteiger partial charge in [-0.25, -0.2) is 0 Å². The first-order valence-corrected chi connectivity index (χ1v) is 13.4. The fourth-order valence-corrected chi connectivity index (χ4v) is 6.13. The Hall–Kier alpha value is -3.12. The summed E-state index contributed by atoms with van der Waals surface area (Å²) < 4.78 is 12.5. The number of fused-ring (bicyclic) bond motifs is 1. The lowest BCUT2D eigenvalue weighted by Crippen LogP contribution is -2.67. The van der Waals surface area contributed by atoms with Gasteiger partial charge in [0.05, 0.1) is 17.1 Å². The molecule has 6 heteroatoms. The zero-order valence-corrected chi connectivity index (χ0v) is 23.9. The number of benzene rings is 1. The molecule has 1 aliphatic carbocycles. The van der Waals surface area contributed by atoms with Gasteiger partial charge in [0.15, 0.2) is 5.78 Å². The molecule has 38 heavy (non-hydrogen) atoms. The van der Waals surface area contributed by atoms with Gasteiger partial charge in [-0.2, -0.15) is 0 Å². The monoisotopic (exact) mass is 520 g/mol. The second kappa shape index (κ2) is 9.88. The van der Waals surface area contributed by atoms with Crippen LogP contribution >= 0.6 is 0 Å². The number of ether oxygens (including phenoxy) is 2. The quantitative estimate of drug-likeness (QED) is 0.464. The van der Waals surface area contributed by atoms with Crippen LogP contribution in [0.3, 0.4) is 0 Å². The normalized spacial score (nSPS) is 25.8. The zero-order chi connectivity index (χ0) is 28.2. The lowest BCUT2D eigenvalue weighted by Gasteiger charge is -2.57. The predicted molar refractivity (Wildman–Crippen MR) is 147 cm³/mol. The molecule has 6 nitrogen and oxygen atoms in total. The third-order valence-corrected chi connectivity index (χ3v) is 8.27. The summed E-state index contributed by atoms with van der Waals surface area (Å²) in [6.45, 7) is 15.0. The van der Waals surface area contributed by atoms with Gasteiger partial charge < -0.3 is 19.7 Å². The summed E-state index contributed by atoms with van der Waals surface area (Å²) in [5.74, 6) is -1.85. The third kappa shape index (κ3) is 4.33. The molecule has 0 aromatic heterocycles. The Balaban J connectivity index is 2.05. The number of hydrogen-bond donors (Lipinski definition) is 2. The molecule has 1 aromatic carbocycles. The number of rotatable bonds is 6. The van der Waals surface area contributed by atoms with E-state index < -0.39 is 17.1 Å². The summed E-state index contributed by atoms with van der Waals surface area (Å²) in [5.41, 5.74) is 5.25. The number of phenolic OH excluding ortho intramolecular Hbond substituents is 1. The van der Waals surface area contributed by atoms with Crippen LogP contribution in [-0.4, -0.2) is 34.2 Å². The lowest BCUT2D eigenvalue weighted by atomic mass is 9.56. The van der Waals surface area contributed by atoms with E-state index in [0.29, 0.717) is 47.5 Å². The molecule has 1 aromatic rings. The number of Topliss-reactive ketones (excluding diaryl/α,β-unsaturated/α-hetero) is 2. The molecule has 0 radical (unpaired) electrons. The molecule has 2 N–H and O–H groups in total. The van der Waals surface area contributed by atoms with E-state index in [2.05, 4.69) is 0 Å². The molecule has 4 rings (SSSR count). The first kappa shape index (κ1) is 27.9. The van der Waals surface area contributed by atoms with Crippen molar-refractivity contribution in [2.45, 2.75) is 86.9 Å². The van der Waals surface area contributed by atoms with Gasteiger partial charge in [0.2, 0.25) is 5.79 Å². The summed E-state index contributed by atoms with van der Waals surface area (Å²) in [6.07, 6.45) is 7.30. The van der Waals surface area contributed by atoms with Crippen molar-refractivity contribution in [2.24, 2.45) is 11.3 Å². The number of aliphatic hydroxyl groups is 1. The van der Waals surface area contributed by atoms with Crippen LogP contribution in [0.25, 0.3) is 0 Å². The van der Waals surface area contributed by atoms with Crippen LogP contribution in [0.1, 0.15) is 77.1 Å². The minimum Gasteiger partial charge on any atom is -0.507 e. The molecule has 2 heterocycles. The number of phenols is 1. The van der Waals surface area contributed by atoms with Crippen molar-refractivity contribution in [3.63, 3.8) is 0 Å². The van der Waals surface area contributed by atoms with Crippen LogP contribution in [0.2, 0.25) is 0 Å². The van der Waals surface area contributed by atoms with Gasteiger partial charge in [-0.1, -0.05) is 23.3 Å². The van der Waals surface area contributed by atoms with Crippen LogP contribution in [0.5, 0.6) is 11.5 Å². The highest BCUT2D eigenvalue weighted by Gasteiger charge is 2.67. The fraction of sp³-hybridized carbons (Fsp3) is 0.500. The second-order valence-electron chi connectivity index (χ2n) is 11.7. The number of hydrogen-bond acceptors (Lipinski definition) is 6. The minimum absolute atomic E-state index is 0.0323. The maximum atomic E-state index is 13.7. The first-order valence-electron chi connectivity index (χ1n) is 13.4. The SMILES string of the molecule is CC(=O)Cc1c(CC=C(C)C)c(O)c(C)c2c1C[C@]13COC(C)=CC1=C(CC=C(C)C)C(=O)[C@@H](C)[C@]3(O)O2. The first-order chi connectivity index (χ1) is 17.7. The average molecular weight is 521 g/mol. The summed E-state index contributed by atoms with van der Waals surface area (Å²) in [6, 6.07) is 0. The average Bonchev–Trinajstić information content (AvgIpc) is 2.83. The molecule has 204 valence electrons. The largest absolute Gasteiger partial charge is 0.507 e. The Bertz CT molecular complexity index is 1330. The van der Waals surface area contributed by atoms with Crippen molar-refractivity contribution in [2.75, 3.05) is 6.61 Å². The maximum Gasteiger partial charge on any atom is 0.231 e. The van der Waals surface area contributed by atoms with Gasteiger partial charge in [-0.3, -0.25) is 9.59 Å². The highest BCUT2D eigenvalue weighted by atomic mass is 16.6. The van der Waals surface area contributed by atoms with Gasteiger partial charge in [0.25, 0.3) is 0 Å². The Kier molecular flexibility index (Phi) is 7.26. The smallest absolute Gasteiger partial charge is 0.231 e. The number of ketones is 2. The van der Waals surface area contributed by atoms with Crippen molar-refractivity contribution in [3.05, 3.63) is 68.5 Å². The molecule has 3 aliphatic rings. The van der Waals surface area contributed by atoms with Gasteiger partial charge in [0, 0.05) is 28.7 Å². The summed E-state index contributed by atoms with van der Waals surface area (Å²) in [7, 11) is 0. The Morgan fingerprint density at radius 3 is 2.32 bits per heavy atom. The van der Waals surface area contributed by atoms with Crippen molar-refractivity contribution < 1.29 is 29.3 Å². The maximum absolute atomic E-state index is 13.7. The van der Waals surface area contributed by atoms with Crippen LogP contribution in [0.15, 0.2) is 46.3 Å². The topological polar surface area (TPSA) is 93.1 Å². The lowest BCUT2D eigenvalue weighted by molar-refractivity contribution is -0.259. The Morgan fingerprint density at radius 1 is 1.08 bits per heavy atom. The molecule has 0 bridgehead atoms. The van der Waals surface area contributed by atoms with Gasteiger partial charge in [-0.15, -0.1) is 0 Å². The molecule has 0 fully saturated rings. The molecule has 3 atom stereocenters. The van der Waals surface area contributed by atoms with Crippen molar-refractivity contribution in [3.8, 4) is 11.5 Å². The molecule has 0 unspecified atom stereocenters. The number of carbonyl (C=O) groups is 2. The fourth-order valence-electron chi connectivity index (χ4n) is 6.13. The summed E-state index contributed by atoms with van der Waals surface area (Å²) >= 11 is 0. The van der Waals surface area contributed by atoms with Crippen LogP contribution in [0.4, 0.5) is 0 Å². The number of allylic oxidation sites excluding steroid dienone is 7. The summed E-state index contributed by atoms with van der Waals surface area (Å²) in [5, 5.41) is 23.6. The van der Waals surface area contributed by atoms with E-state index in [-0.39, 0.29) is 30.3 Å². The third-order valence-electron chi connectivity index (χ3n) is 8.27. The van der Waals surface area contributed by atoms with E-state index >= 15 is 0 Å². The van der Waals surface area contributed by atoms with Crippen molar-refractivity contribution in [1.29, 1.82) is 0 Å². The molecular formula is C32H40O6. The zero-order valence-electron chi connectivity index (χ0n) is 23.9. The van der Waals surface area contributed by atoms with E-state index in [9.17, 15) is 19.8 Å². The summed E-state index contributed by atoms with van der Waals surface area (Å²) in [4.78, 5) is 26.2. The van der Waals surface area contributed by atoms with Crippen molar-refractivity contribution >= 4 is 11.6 Å². The molecule has 0 saturated heterocycles. The predicted octanol–water partition coefficient (Wildman–Crippen LogP) is 5.76. The van der Waals surface area contributed by atoms with Gasteiger partial charge in [0.1, 0.15) is 23.9 Å². The van der Waals surface area contributed by atoms with E-state index in [4.69, 9.17) is 9.47 Å². The van der Waals surface area contributed by atoms with E-state index in [1.165, 1.54) is 6.92 Å². The standard InChI is InChI=1S/C32H40O6/c1-17(2)9-11-23-25(13-19(5)33)26-15-31-16-37-20(6)14-27(31)24(12-10-18(3)4)29(35)22(8)32(31,36)38-30(26)21(7)28(23)34/h9-10,14,22,34,36H,11-13,15-16H2,1-8H3/t22-,31+,32+/m1/s1. The second-order valence-corrected chi connectivity index (χ2v) is 11.7. The van der Waals surface area contributed by atoms with E-state index in [1.54, 1.807) is 13.8 Å². The van der Waals surface area contributed by atoms with Crippen molar-refractivity contribution in [1.82, 2.24) is 0 Å². The van der Waals surface area contributed by atoms with Gasteiger partial charge in [-0.05, 0) is 91.9 Å². The highest BCUT2D eigenvalue weighted by Crippen LogP contribution is 2.60. The van der Waals surface area contributed by atoms with Crippen LogP contribution < -0.4 is 4.74 Å². The molecule has 0 amide bonds. The van der Waals surface area contributed by atoms with E-state index in [0.717, 1.165) is 27.8 Å². The Morgan fingerprint density at radius 2 is 1.71 bits per heavy atom. The van der Waals surface area contributed by atoms with Crippen LogP contribution in [0, 0.1) is 18.3 Å². The molecule has 2 aliphatic heterocycles. The molecule has 0 saturated carbocycles.